The summed E-state index contributed by atoms with van der Waals surface area (Å²) >= 11 is 2.37. The van der Waals surface area contributed by atoms with Gasteiger partial charge < -0.3 is 0 Å². The van der Waals surface area contributed by atoms with Crippen molar-refractivity contribution < 1.29 is 23.5 Å². The number of cyclic esters (lactones) is 2. The minimum absolute atomic E-state index is 0.179. The first-order chi connectivity index (χ1) is 10.5. The van der Waals surface area contributed by atoms with Gasteiger partial charge in [0.15, 0.2) is 0 Å². The van der Waals surface area contributed by atoms with Crippen molar-refractivity contribution in [3.05, 3.63) is 23.5 Å². The number of carbonyl (C=O) groups is 2. The van der Waals surface area contributed by atoms with E-state index in [-0.39, 0.29) is 18.4 Å². The van der Waals surface area contributed by atoms with Crippen LogP contribution >= 0.6 is 0 Å². The third-order valence-electron chi connectivity index (χ3n) is 3.72. The zero-order valence-electron chi connectivity index (χ0n) is 11.9. The van der Waals surface area contributed by atoms with Crippen molar-refractivity contribution in [1.82, 2.24) is 0 Å². The Kier molecular flexibility index (Phi) is 3.99. The van der Waals surface area contributed by atoms with E-state index < -0.39 is 18.0 Å². The summed E-state index contributed by atoms with van der Waals surface area (Å²) in [5, 5.41) is 0.647. The molecular formula is C14H14AsFN2O4. The van der Waals surface area contributed by atoms with Crippen molar-refractivity contribution in [3.8, 4) is 0 Å². The summed E-state index contributed by atoms with van der Waals surface area (Å²) in [6.45, 7) is 0.565. The molecule has 0 saturated carbocycles. The van der Waals surface area contributed by atoms with E-state index in [2.05, 4.69) is 16.9 Å². The van der Waals surface area contributed by atoms with Crippen LogP contribution in [0, 0.1) is 5.82 Å². The van der Waals surface area contributed by atoms with Gasteiger partial charge in [0.1, 0.15) is 0 Å². The molecule has 1 aromatic carbocycles. The Morgan fingerprint density at radius 2 is 2.14 bits per heavy atom. The van der Waals surface area contributed by atoms with Crippen molar-refractivity contribution in [2.24, 2.45) is 0 Å². The summed E-state index contributed by atoms with van der Waals surface area (Å²) < 4.78 is 24.6. The van der Waals surface area contributed by atoms with Gasteiger partial charge in [-0.2, -0.15) is 0 Å². The molecule has 22 heavy (non-hydrogen) atoms. The first-order valence-electron chi connectivity index (χ1n) is 6.83. The van der Waals surface area contributed by atoms with Gasteiger partial charge in [0, 0.05) is 0 Å². The van der Waals surface area contributed by atoms with E-state index in [1.165, 1.54) is 18.0 Å². The van der Waals surface area contributed by atoms with Crippen LogP contribution in [-0.2, 0) is 15.9 Å². The van der Waals surface area contributed by atoms with Crippen LogP contribution in [0.3, 0.4) is 0 Å². The summed E-state index contributed by atoms with van der Waals surface area (Å²) in [5.74, 6) is -0.558. The second-order valence-corrected chi connectivity index (χ2v) is 5.92. The molecule has 8 heteroatoms. The van der Waals surface area contributed by atoms with E-state index in [4.69, 9.17) is 9.47 Å². The number of hydrogen-bond donors (Lipinski definition) is 0. The maximum atomic E-state index is 14.5. The van der Waals surface area contributed by atoms with Gasteiger partial charge in [-0.3, -0.25) is 0 Å². The summed E-state index contributed by atoms with van der Waals surface area (Å²) in [6.07, 6.45) is -0.880. The topological polar surface area (TPSA) is 59.1 Å². The molecule has 1 aromatic rings. The second-order valence-electron chi connectivity index (χ2n) is 5.16. The normalized spacial score (nSPS) is 21.3. The van der Waals surface area contributed by atoms with E-state index in [9.17, 15) is 14.0 Å². The number of benzene rings is 1. The van der Waals surface area contributed by atoms with E-state index in [0.717, 1.165) is 4.90 Å². The number of ether oxygens (including phenoxy) is 2. The SMILES string of the molecule is CN1C(=O)OCCc2cc(N3C[C@@H](C[As])OC3=O)cc(F)c21. The van der Waals surface area contributed by atoms with Gasteiger partial charge in [-0.05, 0) is 0 Å². The molecule has 0 aliphatic carbocycles. The van der Waals surface area contributed by atoms with E-state index in [0.29, 0.717) is 29.4 Å². The van der Waals surface area contributed by atoms with Crippen LogP contribution in [-0.4, -0.2) is 55.3 Å². The van der Waals surface area contributed by atoms with Crippen molar-refractivity contribution in [2.45, 2.75) is 17.7 Å². The Morgan fingerprint density at radius 1 is 1.36 bits per heavy atom. The van der Waals surface area contributed by atoms with Crippen molar-refractivity contribution >= 4 is 40.4 Å². The van der Waals surface area contributed by atoms with Gasteiger partial charge in [0.25, 0.3) is 0 Å². The van der Waals surface area contributed by atoms with Gasteiger partial charge in [-0.15, -0.1) is 0 Å². The zero-order valence-corrected chi connectivity index (χ0v) is 13.8. The molecule has 0 spiro atoms. The van der Waals surface area contributed by atoms with Gasteiger partial charge in [-0.1, -0.05) is 0 Å². The van der Waals surface area contributed by atoms with Crippen molar-refractivity contribution in [1.29, 1.82) is 0 Å². The van der Waals surface area contributed by atoms with Crippen LogP contribution in [0.4, 0.5) is 25.4 Å². The fourth-order valence-corrected chi connectivity index (χ4v) is 3.02. The third-order valence-corrected chi connectivity index (χ3v) is 4.58. The average molecular weight is 368 g/mol. The van der Waals surface area contributed by atoms with Crippen LogP contribution in [0.25, 0.3) is 0 Å². The van der Waals surface area contributed by atoms with E-state index in [1.807, 2.05) is 0 Å². The second kappa shape index (κ2) is 5.80. The van der Waals surface area contributed by atoms with E-state index in [1.54, 1.807) is 6.07 Å². The Bertz CT molecular complexity index is 640. The summed E-state index contributed by atoms with van der Waals surface area (Å²) in [5.41, 5.74) is 1.27. The van der Waals surface area contributed by atoms with Crippen LogP contribution in [0.5, 0.6) is 0 Å². The molecule has 3 rings (SSSR count). The third kappa shape index (κ3) is 2.54. The number of fused-ring (bicyclic) bond motifs is 1. The van der Waals surface area contributed by atoms with Crippen LogP contribution < -0.4 is 9.80 Å². The molecule has 0 N–H and O–H groups in total. The zero-order chi connectivity index (χ0) is 15.9. The number of carbonyl (C=O) groups excluding carboxylic acids is 2. The molecule has 2 radical (unpaired) electrons. The van der Waals surface area contributed by atoms with E-state index >= 15 is 0 Å². The summed E-state index contributed by atoms with van der Waals surface area (Å²) in [7, 11) is 1.46. The Hall–Kier alpha value is -1.75. The van der Waals surface area contributed by atoms with Crippen molar-refractivity contribution in [3.63, 3.8) is 0 Å². The molecule has 1 saturated heterocycles. The van der Waals surface area contributed by atoms with Crippen LogP contribution in [0.15, 0.2) is 12.1 Å². The number of nitrogens with zero attached hydrogens (tertiary/aromatic N) is 2. The molecule has 6 nitrogen and oxygen atoms in total. The minimum atomic E-state index is -0.588. The fourth-order valence-electron chi connectivity index (χ4n) is 2.63. The molecule has 1 fully saturated rings. The summed E-state index contributed by atoms with van der Waals surface area (Å²) in [4.78, 5) is 26.1. The monoisotopic (exact) mass is 368 g/mol. The van der Waals surface area contributed by atoms with Gasteiger partial charge in [0.2, 0.25) is 0 Å². The maximum absolute atomic E-state index is 14.5. The Labute approximate surface area is 135 Å². The standard InChI is InChI=1S/C14H14AsFN2O4/c1-17-12-8(2-3-21-13(17)19)4-9(5-11(12)16)18-7-10(6-15)22-14(18)20/h4-5,10H,2-3,6-7H2,1H3/t10-/m1/s1. The molecule has 0 unspecified atom stereocenters. The van der Waals surface area contributed by atoms with Crippen LogP contribution in [0.1, 0.15) is 5.56 Å². The van der Waals surface area contributed by atoms with Gasteiger partial charge >= 0.3 is 135 Å². The first-order valence-corrected chi connectivity index (χ1v) is 8.16. The predicted octanol–water partition coefficient (Wildman–Crippen LogP) is 1.87. The molecular weight excluding hydrogens is 354 g/mol. The molecule has 1 atom stereocenters. The predicted molar refractivity (Wildman–Crippen MR) is 78.0 cm³/mol. The number of hydrogen-bond acceptors (Lipinski definition) is 4. The first kappa shape index (κ1) is 15.2. The molecule has 116 valence electrons. The molecule has 2 aliphatic heterocycles. The van der Waals surface area contributed by atoms with Gasteiger partial charge in [0.05, 0.1) is 0 Å². The number of amides is 2. The fraction of sp³-hybridized carbons (Fsp3) is 0.429. The molecule has 2 amide bonds. The number of rotatable bonds is 2. The number of anilines is 2. The molecule has 0 bridgehead atoms. The molecule has 0 aromatic heterocycles. The Morgan fingerprint density at radius 3 is 2.82 bits per heavy atom. The molecule has 2 heterocycles. The Balaban J connectivity index is 1.99. The van der Waals surface area contributed by atoms with Crippen molar-refractivity contribution in [2.75, 3.05) is 30.0 Å². The molecule has 2 aliphatic rings. The van der Waals surface area contributed by atoms with Gasteiger partial charge in [-0.25, -0.2) is 0 Å². The summed E-state index contributed by atoms with van der Waals surface area (Å²) in [6, 6.07) is 2.97. The quantitative estimate of drug-likeness (QED) is 0.748. The number of halogens is 1. The van der Waals surface area contributed by atoms with Crippen LogP contribution in [0.2, 0.25) is 5.21 Å². The average Bonchev–Trinajstić information content (AvgIpc) is 2.80.